The van der Waals surface area contributed by atoms with Gasteiger partial charge in [-0.15, -0.1) is 0 Å². The molecule has 4 heterocycles. The van der Waals surface area contributed by atoms with E-state index in [9.17, 15) is 24.6 Å². The highest BCUT2D eigenvalue weighted by Crippen LogP contribution is 2.35. The minimum absolute atomic E-state index is 0.216. The van der Waals surface area contributed by atoms with Gasteiger partial charge in [-0.3, -0.25) is 9.59 Å². The minimum atomic E-state index is -1.13. The van der Waals surface area contributed by atoms with Crippen LogP contribution in [0.1, 0.15) is 63.3 Å². The lowest BCUT2D eigenvalue weighted by molar-refractivity contribution is -0.137. The van der Waals surface area contributed by atoms with Gasteiger partial charge in [0.1, 0.15) is 23.7 Å². The number of ether oxygens (including phenoxy) is 1. The largest absolute Gasteiger partial charge is 0.453 e. The summed E-state index contributed by atoms with van der Waals surface area (Å²) in [5.41, 5.74) is 11.5. The third-order valence-electron chi connectivity index (χ3n) is 10.3. The van der Waals surface area contributed by atoms with E-state index in [1.165, 1.54) is 21.0 Å². The molecule has 0 spiro atoms. The summed E-state index contributed by atoms with van der Waals surface area (Å²) in [6.45, 7) is 4.05. The number of nitrogens with zero attached hydrogens (tertiary/aromatic N) is 4. The number of carbonyl (C=O) groups excluding carboxylic acids is 3. The molecule has 0 bridgehead atoms. The molecule has 5 aromatic rings. The Bertz CT molecular complexity index is 2120. The monoisotopic (exact) mass is 708 g/mol. The summed E-state index contributed by atoms with van der Waals surface area (Å²) in [6, 6.07) is 16.0. The first-order valence-electron chi connectivity index (χ1n) is 17.7. The number of H-pyrrole nitrogens is 2. The number of aromatic amines is 2. The summed E-state index contributed by atoms with van der Waals surface area (Å²) in [5, 5.41) is 24.7. The van der Waals surface area contributed by atoms with Crippen molar-refractivity contribution in [1.29, 1.82) is 0 Å². The lowest BCUT2D eigenvalue weighted by Crippen LogP contribution is -2.53. The number of rotatable bonds is 9. The Balaban J connectivity index is 1.08. The molecule has 2 aliphatic heterocycles. The highest BCUT2D eigenvalue weighted by molar-refractivity contribution is 5.92. The van der Waals surface area contributed by atoms with Crippen molar-refractivity contribution in [2.24, 2.45) is 5.73 Å². The molecule has 0 radical (unpaired) electrons. The van der Waals surface area contributed by atoms with Gasteiger partial charge in [-0.1, -0.05) is 30.3 Å². The average Bonchev–Trinajstić information content (AvgIpc) is 3.97. The lowest BCUT2D eigenvalue weighted by Gasteiger charge is -2.29. The number of benzene rings is 3. The third kappa shape index (κ3) is 6.72. The van der Waals surface area contributed by atoms with Gasteiger partial charge < -0.3 is 45.8 Å². The Morgan fingerprint density at radius 1 is 0.846 bits per heavy atom. The molecule has 3 aromatic carbocycles. The van der Waals surface area contributed by atoms with Gasteiger partial charge in [-0.2, -0.15) is 0 Å². The number of hydrogen-bond donors (Lipinski definition) is 6. The number of likely N-dealkylation sites (tertiary alicyclic amines) is 2. The quantitative estimate of drug-likeness (QED) is 0.131. The number of nitrogens with one attached hydrogen (secondary N) is 3. The van der Waals surface area contributed by atoms with Gasteiger partial charge in [-0.25, -0.2) is 14.8 Å². The van der Waals surface area contributed by atoms with E-state index >= 15 is 0 Å². The molecule has 0 unspecified atom stereocenters. The fourth-order valence-corrected chi connectivity index (χ4v) is 7.39. The Morgan fingerprint density at radius 3 is 2.13 bits per heavy atom. The number of imidazole rings is 2. The summed E-state index contributed by atoms with van der Waals surface area (Å²) in [4.78, 5) is 57.9. The average molecular weight is 709 g/mol. The zero-order valence-corrected chi connectivity index (χ0v) is 29.4. The molecule has 14 heteroatoms. The van der Waals surface area contributed by atoms with Crippen molar-refractivity contribution in [1.82, 2.24) is 35.1 Å². The van der Waals surface area contributed by atoms with Crippen molar-refractivity contribution in [3.8, 4) is 22.4 Å². The maximum absolute atomic E-state index is 13.4. The first-order valence-corrected chi connectivity index (χ1v) is 17.7. The van der Waals surface area contributed by atoms with Gasteiger partial charge in [0, 0.05) is 18.7 Å². The minimum Gasteiger partial charge on any atom is -0.453 e. The van der Waals surface area contributed by atoms with E-state index in [1.54, 1.807) is 16.0 Å². The molecule has 0 aliphatic carbocycles. The van der Waals surface area contributed by atoms with Gasteiger partial charge in [0.05, 0.1) is 54.3 Å². The Hall–Kier alpha value is -5.31. The molecule has 7 N–H and O–H groups in total. The van der Waals surface area contributed by atoms with E-state index < -0.39 is 30.4 Å². The number of alkyl carbamates (subject to hydrolysis) is 1. The van der Waals surface area contributed by atoms with Crippen molar-refractivity contribution in [3.63, 3.8) is 0 Å². The summed E-state index contributed by atoms with van der Waals surface area (Å²) in [6.07, 6.45) is 2.03. The highest BCUT2D eigenvalue weighted by Gasteiger charge is 2.38. The van der Waals surface area contributed by atoms with Crippen LogP contribution in [-0.4, -0.2) is 102 Å². The summed E-state index contributed by atoms with van der Waals surface area (Å²) in [7, 11) is 1.21. The Kier molecular flexibility index (Phi) is 9.70. The molecule has 272 valence electrons. The molecule has 2 aliphatic rings. The Morgan fingerprint density at radius 2 is 1.46 bits per heavy atom. The van der Waals surface area contributed by atoms with E-state index in [-0.39, 0.29) is 23.9 Å². The number of nitrogens with two attached hydrogens (primary N) is 1. The number of aromatic nitrogens is 4. The summed E-state index contributed by atoms with van der Waals surface area (Å²) in [5.74, 6) is 0.708. The van der Waals surface area contributed by atoms with Gasteiger partial charge in [0.15, 0.2) is 0 Å². The van der Waals surface area contributed by atoms with Crippen LogP contribution in [0.5, 0.6) is 0 Å². The third-order valence-corrected chi connectivity index (χ3v) is 10.3. The molecule has 3 amide bonds. The molecule has 2 aromatic heterocycles. The Labute approximate surface area is 300 Å². The summed E-state index contributed by atoms with van der Waals surface area (Å²) < 4.78 is 4.65. The standard InChI is InChI=1S/C38H44N8O6/c1-20(47)32(39)36(49)45-14-5-7-31(45)35-41-27-13-12-25(18-28(27)42-35)23-8-9-24-17-26(11-10-22(24)16-23)29-19-40-34(43-29)30-6-4-15-46(30)37(50)33(21(2)48)44-38(51)52-3/h8-13,16-21,30-33,47-48H,4-7,14-15,39H2,1-3H3,(H,40,43)(H,41,42)(H,44,51)/t20-,21-,30+,31+,32+,33+/m1/s1. The molecule has 2 saturated heterocycles. The number of aliphatic hydroxyl groups is 2. The van der Waals surface area contributed by atoms with E-state index in [0.29, 0.717) is 25.3 Å². The van der Waals surface area contributed by atoms with Crippen LogP contribution in [0.15, 0.2) is 60.8 Å². The molecule has 7 rings (SSSR count). The predicted octanol–water partition coefficient (Wildman–Crippen LogP) is 3.91. The van der Waals surface area contributed by atoms with Crippen LogP contribution >= 0.6 is 0 Å². The van der Waals surface area contributed by atoms with Crippen LogP contribution < -0.4 is 11.1 Å². The van der Waals surface area contributed by atoms with E-state index in [0.717, 1.165) is 69.3 Å². The maximum Gasteiger partial charge on any atom is 0.407 e. The van der Waals surface area contributed by atoms with Crippen molar-refractivity contribution >= 4 is 39.7 Å². The van der Waals surface area contributed by atoms with E-state index in [1.807, 2.05) is 18.2 Å². The topological polar surface area (TPSA) is 203 Å². The van der Waals surface area contributed by atoms with Crippen molar-refractivity contribution in [2.45, 2.75) is 75.9 Å². The van der Waals surface area contributed by atoms with Crippen LogP contribution in [0.25, 0.3) is 44.2 Å². The van der Waals surface area contributed by atoms with Gasteiger partial charge in [-0.05, 0) is 85.7 Å². The second kappa shape index (κ2) is 14.4. The molecule has 14 nitrogen and oxygen atoms in total. The van der Waals surface area contributed by atoms with Crippen LogP contribution in [-0.2, 0) is 14.3 Å². The normalized spacial score (nSPS) is 19.9. The molecule has 6 atom stereocenters. The molecule has 2 fully saturated rings. The molecular formula is C38H44N8O6. The first kappa shape index (κ1) is 35.1. The number of carbonyl (C=O) groups is 3. The number of amides is 3. The fraction of sp³-hybridized carbons (Fsp3) is 0.395. The second-order valence-corrected chi connectivity index (χ2v) is 13.8. The van der Waals surface area contributed by atoms with Crippen molar-refractivity contribution < 1.29 is 29.3 Å². The first-order chi connectivity index (χ1) is 25.0. The van der Waals surface area contributed by atoms with Crippen LogP contribution in [0.3, 0.4) is 0 Å². The SMILES string of the molecule is COC(=O)N[C@H](C(=O)N1CCC[C@H]1c1ncc(-c2ccc3cc(-c4ccc5nc([C@@H]6CCCN6C(=O)[C@@H](N)[C@@H](C)O)[nH]c5c4)ccc3c2)[nH]1)[C@@H](C)O. The summed E-state index contributed by atoms with van der Waals surface area (Å²) >= 11 is 0. The lowest BCUT2D eigenvalue weighted by atomic mass is 9.99. The number of hydrogen-bond acceptors (Lipinski definition) is 9. The van der Waals surface area contributed by atoms with E-state index in [2.05, 4.69) is 61.4 Å². The maximum atomic E-state index is 13.4. The number of fused-ring (bicyclic) bond motifs is 2. The molecule has 0 saturated carbocycles. The van der Waals surface area contributed by atoms with Crippen molar-refractivity contribution in [3.05, 3.63) is 72.4 Å². The zero-order chi connectivity index (χ0) is 36.7. The molecular weight excluding hydrogens is 664 g/mol. The second-order valence-electron chi connectivity index (χ2n) is 13.8. The highest BCUT2D eigenvalue weighted by atomic mass is 16.5. The fourth-order valence-electron chi connectivity index (χ4n) is 7.39. The number of aliphatic hydroxyl groups excluding tert-OH is 2. The van der Waals surface area contributed by atoms with Crippen molar-refractivity contribution in [2.75, 3.05) is 20.2 Å². The number of methoxy groups -OCH3 is 1. The van der Waals surface area contributed by atoms with Crippen LogP contribution in [0.2, 0.25) is 0 Å². The van der Waals surface area contributed by atoms with E-state index in [4.69, 9.17) is 10.7 Å². The van der Waals surface area contributed by atoms with Gasteiger partial charge >= 0.3 is 6.09 Å². The van der Waals surface area contributed by atoms with Crippen LogP contribution in [0.4, 0.5) is 4.79 Å². The smallest absolute Gasteiger partial charge is 0.407 e. The van der Waals surface area contributed by atoms with Gasteiger partial charge in [0.2, 0.25) is 11.8 Å². The zero-order valence-electron chi connectivity index (χ0n) is 29.4. The molecule has 52 heavy (non-hydrogen) atoms. The van der Waals surface area contributed by atoms with Gasteiger partial charge in [0.25, 0.3) is 0 Å². The predicted molar refractivity (Wildman–Crippen MR) is 195 cm³/mol. The van der Waals surface area contributed by atoms with Crippen LogP contribution in [0, 0.1) is 0 Å².